The summed E-state index contributed by atoms with van der Waals surface area (Å²) in [6, 6.07) is 0.0619. The van der Waals surface area contributed by atoms with Gasteiger partial charge in [0.05, 0.1) is 0 Å². The third kappa shape index (κ3) is 10.1. The Kier molecular flexibility index (Phi) is 10.9. The van der Waals surface area contributed by atoms with Crippen molar-refractivity contribution in [3.8, 4) is 0 Å². The van der Waals surface area contributed by atoms with E-state index in [1.165, 1.54) is 0 Å². The lowest BCUT2D eigenvalue weighted by atomic mass is 10.0. The van der Waals surface area contributed by atoms with Crippen LogP contribution in [0.1, 0.15) is 73.1 Å². The predicted octanol–water partition coefficient (Wildman–Crippen LogP) is 3.64. The Bertz CT molecular complexity index is 583. The van der Waals surface area contributed by atoms with Crippen molar-refractivity contribution in [2.75, 3.05) is 19.6 Å². The number of ether oxygens (including phenoxy) is 1. The van der Waals surface area contributed by atoms with Crippen molar-refractivity contribution in [2.45, 2.75) is 84.8 Å². The SMILES string of the molecule is C=CC[C@@H]1C[C@@H](CNC(=O)CCCCCNC(=O)OC(C)(C)C)N(CC(C)C)C1=O. The fourth-order valence-electron chi connectivity index (χ4n) is 3.61. The van der Waals surface area contributed by atoms with Gasteiger partial charge >= 0.3 is 6.09 Å². The average molecular weight is 424 g/mol. The maximum absolute atomic E-state index is 12.6. The van der Waals surface area contributed by atoms with Crippen LogP contribution in [0.2, 0.25) is 0 Å². The van der Waals surface area contributed by atoms with Crippen LogP contribution in [0.4, 0.5) is 4.79 Å². The summed E-state index contributed by atoms with van der Waals surface area (Å²) in [5.41, 5.74) is -0.497. The molecule has 1 rings (SSSR count). The lowest BCUT2D eigenvalue weighted by Gasteiger charge is -2.26. The molecule has 1 heterocycles. The monoisotopic (exact) mass is 423 g/mol. The highest BCUT2D eigenvalue weighted by atomic mass is 16.6. The van der Waals surface area contributed by atoms with Gasteiger partial charge in [0.2, 0.25) is 11.8 Å². The molecule has 0 radical (unpaired) electrons. The summed E-state index contributed by atoms with van der Waals surface area (Å²) in [4.78, 5) is 38.3. The van der Waals surface area contributed by atoms with Gasteiger partial charge in [-0.3, -0.25) is 9.59 Å². The number of likely N-dealkylation sites (tertiary alicyclic amines) is 1. The minimum atomic E-state index is -0.497. The van der Waals surface area contributed by atoms with E-state index in [0.717, 1.165) is 32.2 Å². The normalized spacial score (nSPS) is 19.1. The van der Waals surface area contributed by atoms with Gasteiger partial charge in [-0.15, -0.1) is 6.58 Å². The molecule has 0 aromatic carbocycles. The van der Waals surface area contributed by atoms with Gasteiger partial charge in [0.1, 0.15) is 5.60 Å². The Morgan fingerprint density at radius 1 is 1.23 bits per heavy atom. The van der Waals surface area contributed by atoms with Crippen molar-refractivity contribution in [2.24, 2.45) is 11.8 Å². The maximum Gasteiger partial charge on any atom is 0.407 e. The van der Waals surface area contributed by atoms with Gasteiger partial charge in [0.15, 0.2) is 0 Å². The van der Waals surface area contributed by atoms with E-state index < -0.39 is 11.7 Å². The quantitative estimate of drug-likeness (QED) is 0.371. The second-order valence-electron chi connectivity index (χ2n) is 9.54. The molecule has 0 spiro atoms. The Labute approximate surface area is 182 Å². The molecule has 1 aliphatic rings. The number of alkyl carbamates (subject to hydrolysis) is 1. The fourth-order valence-corrected chi connectivity index (χ4v) is 3.61. The van der Waals surface area contributed by atoms with E-state index in [4.69, 9.17) is 4.74 Å². The number of carbonyl (C=O) groups excluding carboxylic acids is 3. The topological polar surface area (TPSA) is 87.7 Å². The molecule has 3 amide bonds. The summed E-state index contributed by atoms with van der Waals surface area (Å²) in [7, 11) is 0. The Morgan fingerprint density at radius 2 is 1.93 bits per heavy atom. The van der Waals surface area contributed by atoms with Gasteiger partial charge in [-0.2, -0.15) is 0 Å². The number of allylic oxidation sites excluding steroid dienone is 1. The van der Waals surface area contributed by atoms with Crippen LogP contribution >= 0.6 is 0 Å². The first-order valence-electron chi connectivity index (χ1n) is 11.2. The van der Waals surface area contributed by atoms with Crippen LogP contribution in [-0.2, 0) is 14.3 Å². The van der Waals surface area contributed by atoms with E-state index >= 15 is 0 Å². The largest absolute Gasteiger partial charge is 0.444 e. The number of unbranched alkanes of at least 4 members (excludes halogenated alkanes) is 2. The lowest BCUT2D eigenvalue weighted by Crippen LogP contribution is -2.43. The van der Waals surface area contributed by atoms with E-state index in [2.05, 4.69) is 31.1 Å². The van der Waals surface area contributed by atoms with Crippen LogP contribution in [0, 0.1) is 11.8 Å². The number of hydrogen-bond donors (Lipinski definition) is 2. The Balaban J connectivity index is 2.26. The molecule has 0 aromatic heterocycles. The third-order valence-corrected chi connectivity index (χ3v) is 4.93. The number of hydrogen-bond acceptors (Lipinski definition) is 4. The van der Waals surface area contributed by atoms with Crippen molar-refractivity contribution < 1.29 is 19.1 Å². The second-order valence-corrected chi connectivity index (χ2v) is 9.54. The Morgan fingerprint density at radius 3 is 2.53 bits per heavy atom. The standard InChI is InChI=1S/C23H41N3O4/c1-7-11-18-14-19(26(21(18)28)16-17(2)3)15-25-20(27)12-9-8-10-13-24-22(29)30-23(4,5)6/h7,17-19H,1,8-16H2,2-6H3,(H,24,29)(H,25,27)/t18-,19+/m1/s1. The molecule has 172 valence electrons. The van der Waals surface area contributed by atoms with Crippen molar-refractivity contribution in [1.29, 1.82) is 0 Å². The van der Waals surface area contributed by atoms with E-state index in [1.807, 2.05) is 25.7 Å². The zero-order valence-electron chi connectivity index (χ0n) is 19.5. The molecule has 7 nitrogen and oxygen atoms in total. The van der Waals surface area contributed by atoms with Gasteiger partial charge in [-0.25, -0.2) is 4.79 Å². The van der Waals surface area contributed by atoms with Crippen LogP contribution in [0.3, 0.4) is 0 Å². The van der Waals surface area contributed by atoms with Gasteiger partial charge in [-0.05, 0) is 52.4 Å². The van der Waals surface area contributed by atoms with Gasteiger partial charge in [-0.1, -0.05) is 26.3 Å². The lowest BCUT2D eigenvalue weighted by molar-refractivity contribution is -0.132. The fraction of sp³-hybridized carbons (Fsp3) is 0.783. The molecule has 0 unspecified atom stereocenters. The minimum absolute atomic E-state index is 0.0132. The molecular formula is C23H41N3O4. The van der Waals surface area contributed by atoms with E-state index in [0.29, 0.717) is 31.8 Å². The number of nitrogens with one attached hydrogen (secondary N) is 2. The van der Waals surface area contributed by atoms with Crippen LogP contribution in [0.15, 0.2) is 12.7 Å². The minimum Gasteiger partial charge on any atom is -0.444 e. The number of nitrogens with zero attached hydrogens (tertiary/aromatic N) is 1. The first-order valence-corrected chi connectivity index (χ1v) is 11.2. The summed E-state index contributed by atoms with van der Waals surface area (Å²) in [6.45, 7) is 15.2. The summed E-state index contributed by atoms with van der Waals surface area (Å²) >= 11 is 0. The number of rotatable bonds is 12. The molecule has 0 saturated carbocycles. The van der Waals surface area contributed by atoms with Crippen molar-refractivity contribution in [3.63, 3.8) is 0 Å². The second kappa shape index (κ2) is 12.6. The first kappa shape index (κ1) is 26.0. The molecule has 7 heteroatoms. The summed E-state index contributed by atoms with van der Waals surface area (Å²) in [5.74, 6) is 0.573. The molecule has 1 fully saturated rings. The van der Waals surface area contributed by atoms with Crippen molar-refractivity contribution in [1.82, 2.24) is 15.5 Å². The van der Waals surface area contributed by atoms with Crippen LogP contribution < -0.4 is 10.6 Å². The zero-order chi connectivity index (χ0) is 22.7. The van der Waals surface area contributed by atoms with Gasteiger partial charge in [0.25, 0.3) is 0 Å². The number of carbonyl (C=O) groups is 3. The van der Waals surface area contributed by atoms with Crippen molar-refractivity contribution >= 4 is 17.9 Å². The van der Waals surface area contributed by atoms with Crippen LogP contribution in [0.5, 0.6) is 0 Å². The first-order chi connectivity index (χ1) is 14.0. The van der Waals surface area contributed by atoms with Crippen LogP contribution in [-0.4, -0.2) is 54.1 Å². The summed E-state index contributed by atoms with van der Waals surface area (Å²) in [6.07, 6.45) is 5.72. The molecule has 0 bridgehead atoms. The highest BCUT2D eigenvalue weighted by molar-refractivity contribution is 5.82. The van der Waals surface area contributed by atoms with Gasteiger partial charge < -0.3 is 20.3 Å². The van der Waals surface area contributed by atoms with Crippen molar-refractivity contribution in [3.05, 3.63) is 12.7 Å². The average Bonchev–Trinajstić information content (AvgIpc) is 2.90. The molecule has 1 saturated heterocycles. The van der Waals surface area contributed by atoms with Crippen LogP contribution in [0.25, 0.3) is 0 Å². The predicted molar refractivity (Wildman–Crippen MR) is 119 cm³/mol. The number of amides is 3. The molecule has 0 aliphatic carbocycles. The molecule has 0 aromatic rings. The molecule has 2 atom stereocenters. The summed E-state index contributed by atoms with van der Waals surface area (Å²) < 4.78 is 5.18. The van der Waals surface area contributed by atoms with Gasteiger partial charge in [0, 0.05) is 38.0 Å². The molecule has 1 aliphatic heterocycles. The zero-order valence-corrected chi connectivity index (χ0v) is 19.5. The molecular weight excluding hydrogens is 382 g/mol. The highest BCUT2D eigenvalue weighted by Gasteiger charge is 2.38. The molecule has 30 heavy (non-hydrogen) atoms. The Hall–Kier alpha value is -2.05. The summed E-state index contributed by atoms with van der Waals surface area (Å²) in [5, 5.41) is 5.72. The van der Waals surface area contributed by atoms with E-state index in [9.17, 15) is 14.4 Å². The third-order valence-electron chi connectivity index (χ3n) is 4.93. The maximum atomic E-state index is 12.6. The van der Waals surface area contributed by atoms with E-state index in [-0.39, 0.29) is 23.8 Å². The smallest absolute Gasteiger partial charge is 0.407 e. The van der Waals surface area contributed by atoms with E-state index in [1.54, 1.807) is 6.08 Å². The molecule has 2 N–H and O–H groups in total. The highest BCUT2D eigenvalue weighted by Crippen LogP contribution is 2.28.